The van der Waals surface area contributed by atoms with Crippen molar-refractivity contribution in [1.29, 1.82) is 0 Å². The van der Waals surface area contributed by atoms with Crippen molar-refractivity contribution in [2.45, 2.75) is 12.2 Å². The van der Waals surface area contributed by atoms with Crippen LogP contribution in [0.3, 0.4) is 0 Å². The fraction of sp³-hybridized carbons (Fsp3) is 0.571. The molecule has 2 N–H and O–H groups in total. The van der Waals surface area contributed by atoms with E-state index >= 15 is 0 Å². The van der Waals surface area contributed by atoms with Crippen LogP contribution in [0.4, 0.5) is 9.59 Å². The number of urea groups is 2. The molecule has 2 unspecified atom stereocenters. The van der Waals surface area contributed by atoms with Gasteiger partial charge in [-0.2, -0.15) is 0 Å². The smallest absolute Gasteiger partial charge is 0.315 e. The van der Waals surface area contributed by atoms with Crippen molar-refractivity contribution in [3.63, 3.8) is 0 Å². The van der Waals surface area contributed by atoms with Crippen LogP contribution in [0, 0.1) is 0 Å². The Hall–Kier alpha value is -1.79. The van der Waals surface area contributed by atoms with E-state index in [1.807, 2.05) is 5.32 Å². The third kappa shape index (κ3) is 0.949. The Morgan fingerprint density at radius 3 is 2.64 bits per heavy atom. The summed E-state index contributed by atoms with van der Waals surface area (Å²) in [5, 5.41) is 4.21. The lowest BCUT2D eigenvalue weighted by atomic mass is 10.1. The van der Waals surface area contributed by atoms with Crippen LogP contribution < -0.4 is 10.6 Å². The second-order valence-electron chi connectivity index (χ2n) is 3.11. The minimum atomic E-state index is -2.73. The largest absolute Gasteiger partial charge is 0.325 e. The molecular weight excluding hydrogens is 188 g/mol. The van der Waals surface area contributed by atoms with E-state index in [-0.39, 0.29) is 0 Å². The van der Waals surface area contributed by atoms with E-state index in [4.69, 9.17) is 4.11 Å². The Labute approximate surface area is 84.2 Å². The molecular formula is C7H10N4O3. The molecule has 0 bridgehead atoms. The lowest BCUT2D eigenvalue weighted by Gasteiger charge is -2.33. The zero-order valence-electron chi connectivity index (χ0n) is 10.3. The normalized spacial score (nSPS) is 35.5. The molecule has 0 spiro atoms. The van der Waals surface area contributed by atoms with Gasteiger partial charge in [-0.25, -0.2) is 9.59 Å². The van der Waals surface area contributed by atoms with Gasteiger partial charge in [0.05, 0.1) is 0 Å². The van der Waals surface area contributed by atoms with E-state index in [2.05, 4.69) is 5.32 Å². The van der Waals surface area contributed by atoms with Gasteiger partial charge in [0.25, 0.3) is 5.91 Å². The molecule has 5 amide bonds. The molecule has 7 nitrogen and oxygen atoms in total. The lowest BCUT2D eigenvalue weighted by molar-refractivity contribution is -0.126. The number of nitrogens with zero attached hydrogens (tertiary/aromatic N) is 2. The van der Waals surface area contributed by atoms with Crippen LogP contribution in [0.15, 0.2) is 0 Å². The van der Waals surface area contributed by atoms with Gasteiger partial charge in [-0.3, -0.25) is 10.1 Å². The van der Waals surface area contributed by atoms with Crippen molar-refractivity contribution in [2.75, 3.05) is 14.0 Å². The Morgan fingerprint density at radius 2 is 2.00 bits per heavy atom. The molecule has 2 heterocycles. The molecule has 0 aliphatic carbocycles. The van der Waals surface area contributed by atoms with Crippen molar-refractivity contribution in [3.05, 3.63) is 0 Å². The Bertz CT molecular complexity index is 410. The molecule has 0 saturated carbocycles. The first-order valence-corrected chi connectivity index (χ1v) is 3.91. The topological polar surface area (TPSA) is 81.8 Å². The number of amides is 5. The monoisotopic (exact) mass is 201 g/mol. The predicted molar refractivity (Wildman–Crippen MR) is 45.2 cm³/mol. The number of carbonyl (C=O) groups is 3. The van der Waals surface area contributed by atoms with Gasteiger partial charge in [0, 0.05) is 18.1 Å². The van der Waals surface area contributed by atoms with Gasteiger partial charge in [0.2, 0.25) is 0 Å². The molecule has 76 valence electrons. The number of carbonyl (C=O) groups excluding carboxylic acids is 3. The van der Waals surface area contributed by atoms with E-state index in [1.54, 1.807) is 0 Å². The van der Waals surface area contributed by atoms with Crippen molar-refractivity contribution in [3.8, 4) is 0 Å². The summed E-state index contributed by atoms with van der Waals surface area (Å²) in [5.41, 5.74) is 0. The number of rotatable bonds is 0. The van der Waals surface area contributed by atoms with Gasteiger partial charge in [-0.05, 0) is 0 Å². The molecule has 0 aromatic carbocycles. The highest BCUT2D eigenvalue weighted by Crippen LogP contribution is 2.17. The minimum Gasteiger partial charge on any atom is -0.315 e. The number of imide groups is 1. The number of likely N-dealkylation sites (N-methyl/N-ethyl adjacent to an activating group) is 2. The van der Waals surface area contributed by atoms with Crippen molar-refractivity contribution >= 4 is 18.0 Å². The first kappa shape index (κ1) is 5.84. The molecule has 7 heteroatoms. The van der Waals surface area contributed by atoms with E-state index < -0.39 is 37.2 Å². The fourth-order valence-corrected chi connectivity index (χ4v) is 1.54. The molecule has 2 saturated heterocycles. The van der Waals surface area contributed by atoms with Gasteiger partial charge >= 0.3 is 12.1 Å². The maximum Gasteiger partial charge on any atom is 0.325 e. The highest BCUT2D eigenvalue weighted by molar-refractivity contribution is 6.03. The second-order valence-corrected chi connectivity index (χ2v) is 3.11. The van der Waals surface area contributed by atoms with Crippen LogP contribution in [0.1, 0.15) is 4.11 Å². The average Bonchev–Trinajstić information content (AvgIpc) is 2.40. The first-order chi connectivity index (χ1) is 7.73. The lowest BCUT2D eigenvalue weighted by Crippen LogP contribution is -2.64. The summed E-state index contributed by atoms with van der Waals surface area (Å²) in [6.45, 7) is -2.73. The molecule has 0 radical (unpaired) electrons. The summed E-state index contributed by atoms with van der Waals surface area (Å²) in [5.74, 6) is -0.693. The van der Waals surface area contributed by atoms with E-state index in [1.165, 1.54) is 7.05 Å². The molecule has 2 aliphatic rings. The number of nitrogens with one attached hydrogen (secondary N) is 2. The zero-order chi connectivity index (χ0) is 13.0. The third-order valence-electron chi connectivity index (χ3n) is 2.30. The average molecular weight is 201 g/mol. The molecule has 0 aromatic heterocycles. The summed E-state index contributed by atoms with van der Waals surface area (Å²) in [6, 6.07) is -2.66. The number of hydrogen-bond donors (Lipinski definition) is 2. The maximum absolute atomic E-state index is 11.5. The van der Waals surface area contributed by atoms with E-state index in [0.29, 0.717) is 4.90 Å². The minimum absolute atomic E-state index is 0.487. The van der Waals surface area contributed by atoms with Crippen molar-refractivity contribution < 1.29 is 18.5 Å². The Kier molecular flexibility index (Phi) is 1.08. The van der Waals surface area contributed by atoms with Gasteiger partial charge in [0.15, 0.2) is 6.04 Å². The molecule has 2 atom stereocenters. The zero-order valence-corrected chi connectivity index (χ0v) is 7.27. The standard InChI is InChI=1S/C7H10N4O3/c1-10-3-4(8-6(10)13)11(2)7(14)9-5(3)12/h3-4H,1-2H3,(H,8,13)(H,9,12,14)/i2D3. The van der Waals surface area contributed by atoms with E-state index in [9.17, 15) is 14.4 Å². The van der Waals surface area contributed by atoms with Gasteiger partial charge in [-0.1, -0.05) is 0 Å². The predicted octanol–water partition coefficient (Wildman–Crippen LogP) is -1.48. The third-order valence-corrected chi connectivity index (χ3v) is 2.30. The molecule has 14 heavy (non-hydrogen) atoms. The maximum atomic E-state index is 11.5. The summed E-state index contributed by atoms with van der Waals surface area (Å²) >= 11 is 0. The van der Waals surface area contributed by atoms with Crippen LogP contribution in [-0.2, 0) is 4.79 Å². The number of fused-ring (bicyclic) bond motifs is 1. The van der Waals surface area contributed by atoms with Crippen molar-refractivity contribution in [2.24, 2.45) is 0 Å². The summed E-state index contributed by atoms with van der Waals surface area (Å²) < 4.78 is 21.7. The van der Waals surface area contributed by atoms with Crippen LogP contribution >= 0.6 is 0 Å². The van der Waals surface area contributed by atoms with Crippen molar-refractivity contribution in [1.82, 2.24) is 20.4 Å². The van der Waals surface area contributed by atoms with Crippen LogP contribution in [0.25, 0.3) is 0 Å². The van der Waals surface area contributed by atoms with Gasteiger partial charge in [0.1, 0.15) is 6.17 Å². The molecule has 2 fully saturated rings. The fourth-order valence-electron chi connectivity index (χ4n) is 1.54. The molecule has 2 rings (SSSR count). The van der Waals surface area contributed by atoms with Crippen LogP contribution in [0.5, 0.6) is 0 Å². The highest BCUT2D eigenvalue weighted by Gasteiger charge is 2.49. The van der Waals surface area contributed by atoms with E-state index in [0.717, 1.165) is 4.90 Å². The van der Waals surface area contributed by atoms with Gasteiger partial charge in [-0.15, -0.1) is 0 Å². The first-order valence-electron chi connectivity index (χ1n) is 5.41. The second kappa shape index (κ2) is 2.60. The van der Waals surface area contributed by atoms with Gasteiger partial charge < -0.3 is 15.1 Å². The molecule has 0 aromatic rings. The summed E-state index contributed by atoms with van der Waals surface area (Å²) in [4.78, 5) is 35.9. The highest BCUT2D eigenvalue weighted by atomic mass is 16.2. The Morgan fingerprint density at radius 1 is 1.29 bits per heavy atom. The quantitative estimate of drug-likeness (QED) is 0.501. The number of hydrogen-bond acceptors (Lipinski definition) is 3. The summed E-state index contributed by atoms with van der Waals surface area (Å²) in [7, 11) is 1.35. The van der Waals surface area contributed by atoms with Crippen LogP contribution in [0.2, 0.25) is 0 Å². The molecule has 2 aliphatic heterocycles. The van der Waals surface area contributed by atoms with Crippen LogP contribution in [-0.4, -0.2) is 54.0 Å². The summed E-state index contributed by atoms with van der Waals surface area (Å²) in [6.07, 6.45) is -1.17. The SMILES string of the molecule is [2H]C([2H])([2H])N1C(=O)NC(=O)C2C1NC(=O)N2C. The Balaban J connectivity index is 2.40.